The molecule has 0 saturated heterocycles. The molecule has 140 valence electrons. The van der Waals surface area contributed by atoms with Gasteiger partial charge in [-0.1, -0.05) is 11.6 Å². The van der Waals surface area contributed by atoms with Crippen molar-refractivity contribution < 1.29 is 23.9 Å². The third kappa shape index (κ3) is 4.61. The summed E-state index contributed by atoms with van der Waals surface area (Å²) in [6, 6.07) is 0. The van der Waals surface area contributed by atoms with Crippen LogP contribution in [-0.2, 0) is 20.8 Å². The van der Waals surface area contributed by atoms with Gasteiger partial charge in [0.1, 0.15) is 16.4 Å². The molecule has 0 fully saturated rings. The molecule has 0 saturated carbocycles. The number of hydrogen-bond acceptors (Lipinski definition) is 7. The van der Waals surface area contributed by atoms with E-state index in [4.69, 9.17) is 21.1 Å². The number of amides is 1. The van der Waals surface area contributed by atoms with Crippen LogP contribution in [0.25, 0.3) is 0 Å². The van der Waals surface area contributed by atoms with Crippen LogP contribution in [0, 0.1) is 6.92 Å². The second kappa shape index (κ2) is 8.81. The maximum Gasteiger partial charge on any atom is 0.348 e. The van der Waals surface area contributed by atoms with E-state index in [0.717, 1.165) is 11.3 Å². The molecule has 0 spiro atoms. The van der Waals surface area contributed by atoms with Crippen LogP contribution in [0.2, 0.25) is 5.02 Å². The normalized spacial score (nSPS) is 10.5. The van der Waals surface area contributed by atoms with Gasteiger partial charge >= 0.3 is 11.9 Å². The summed E-state index contributed by atoms with van der Waals surface area (Å²) in [5.74, 6) is -1.60. The molecule has 0 aromatic carbocycles. The van der Waals surface area contributed by atoms with Gasteiger partial charge in [0.15, 0.2) is 0 Å². The number of carbonyl (C=O) groups is 3. The lowest BCUT2D eigenvalue weighted by Gasteiger charge is -2.07. The molecule has 10 heteroatoms. The summed E-state index contributed by atoms with van der Waals surface area (Å²) >= 11 is 6.74. The molecule has 0 atom stereocenters. The molecule has 0 aliphatic rings. The fraction of sp³-hybridized carbons (Fsp3) is 0.375. The Labute approximate surface area is 159 Å². The highest BCUT2D eigenvalue weighted by Crippen LogP contribution is 2.34. The number of ether oxygens (including phenoxy) is 2. The van der Waals surface area contributed by atoms with Crippen molar-refractivity contribution in [3.63, 3.8) is 0 Å². The Bertz CT molecular complexity index is 830. The van der Waals surface area contributed by atoms with E-state index in [9.17, 15) is 14.4 Å². The minimum absolute atomic E-state index is 0.0966. The van der Waals surface area contributed by atoms with Gasteiger partial charge < -0.3 is 14.8 Å². The first-order chi connectivity index (χ1) is 12.4. The quantitative estimate of drug-likeness (QED) is 0.718. The zero-order chi connectivity index (χ0) is 19.3. The molecular weight excluding hydrogens is 382 g/mol. The molecule has 26 heavy (non-hydrogen) atoms. The molecule has 1 amide bonds. The van der Waals surface area contributed by atoms with Crippen LogP contribution in [0.1, 0.15) is 39.4 Å². The van der Waals surface area contributed by atoms with Gasteiger partial charge in [0, 0.05) is 6.20 Å². The standard InChI is InChI=1S/C16H18ClN3O5S/c1-4-24-15(22)12-9(3)13(16(23)25-5-2)26-14(12)19-11(21)8-20-7-10(17)6-18-20/h6-7H,4-5,8H2,1-3H3,(H,19,21). The summed E-state index contributed by atoms with van der Waals surface area (Å²) in [6.07, 6.45) is 2.91. The number of rotatable bonds is 7. The van der Waals surface area contributed by atoms with Gasteiger partial charge in [0.2, 0.25) is 5.91 Å². The Hall–Kier alpha value is -2.39. The van der Waals surface area contributed by atoms with Crippen LogP contribution in [0.15, 0.2) is 12.4 Å². The van der Waals surface area contributed by atoms with Gasteiger partial charge in [-0.25, -0.2) is 9.59 Å². The maximum absolute atomic E-state index is 12.3. The van der Waals surface area contributed by atoms with E-state index in [0.29, 0.717) is 10.6 Å². The molecular formula is C16H18ClN3O5S. The highest BCUT2D eigenvalue weighted by atomic mass is 35.5. The van der Waals surface area contributed by atoms with Crippen LogP contribution in [0.4, 0.5) is 5.00 Å². The molecule has 1 N–H and O–H groups in total. The molecule has 0 radical (unpaired) electrons. The molecule has 0 aliphatic heterocycles. The van der Waals surface area contributed by atoms with Crippen molar-refractivity contribution in [2.24, 2.45) is 0 Å². The summed E-state index contributed by atoms with van der Waals surface area (Å²) in [5.41, 5.74) is 0.552. The highest BCUT2D eigenvalue weighted by Gasteiger charge is 2.27. The van der Waals surface area contributed by atoms with E-state index in [1.54, 1.807) is 20.8 Å². The van der Waals surface area contributed by atoms with Crippen LogP contribution < -0.4 is 5.32 Å². The summed E-state index contributed by atoms with van der Waals surface area (Å²) in [6.45, 7) is 5.24. The number of anilines is 1. The average Bonchev–Trinajstić information content (AvgIpc) is 3.11. The van der Waals surface area contributed by atoms with E-state index >= 15 is 0 Å². The predicted molar refractivity (Wildman–Crippen MR) is 96.8 cm³/mol. The first-order valence-electron chi connectivity index (χ1n) is 7.82. The Morgan fingerprint density at radius 3 is 2.46 bits per heavy atom. The smallest absolute Gasteiger partial charge is 0.348 e. The number of carbonyl (C=O) groups excluding carboxylic acids is 3. The summed E-state index contributed by atoms with van der Waals surface area (Å²) in [4.78, 5) is 36.9. The van der Waals surface area contributed by atoms with Crippen molar-refractivity contribution in [3.8, 4) is 0 Å². The number of hydrogen-bond donors (Lipinski definition) is 1. The Morgan fingerprint density at radius 2 is 1.88 bits per heavy atom. The summed E-state index contributed by atoms with van der Waals surface area (Å²) in [7, 11) is 0. The first kappa shape index (κ1) is 19.9. The van der Waals surface area contributed by atoms with E-state index in [1.807, 2.05) is 0 Å². The molecule has 0 bridgehead atoms. The second-order valence-corrected chi connectivity index (χ2v) is 6.56. The van der Waals surface area contributed by atoms with Crippen molar-refractivity contribution in [3.05, 3.63) is 33.4 Å². The Balaban J connectivity index is 2.29. The zero-order valence-electron chi connectivity index (χ0n) is 14.5. The zero-order valence-corrected chi connectivity index (χ0v) is 16.1. The third-order valence-corrected chi connectivity index (χ3v) is 4.63. The molecule has 8 nitrogen and oxygen atoms in total. The topological polar surface area (TPSA) is 99.5 Å². The monoisotopic (exact) mass is 399 g/mol. The van der Waals surface area contributed by atoms with Crippen LogP contribution in [0.5, 0.6) is 0 Å². The largest absolute Gasteiger partial charge is 0.462 e. The molecule has 2 aromatic rings. The van der Waals surface area contributed by atoms with E-state index < -0.39 is 17.8 Å². The molecule has 2 heterocycles. The number of nitrogens with one attached hydrogen (secondary N) is 1. The summed E-state index contributed by atoms with van der Waals surface area (Å²) < 4.78 is 11.4. The fourth-order valence-corrected chi connectivity index (χ4v) is 3.44. The second-order valence-electron chi connectivity index (χ2n) is 5.11. The fourth-order valence-electron chi connectivity index (χ4n) is 2.18. The Kier molecular flexibility index (Phi) is 6.76. The van der Waals surface area contributed by atoms with E-state index in [2.05, 4.69) is 10.4 Å². The average molecular weight is 400 g/mol. The number of halogens is 1. The van der Waals surface area contributed by atoms with Crippen molar-refractivity contribution >= 4 is 45.8 Å². The number of nitrogens with zero attached hydrogens (tertiary/aromatic N) is 2. The van der Waals surface area contributed by atoms with Crippen molar-refractivity contribution in [2.45, 2.75) is 27.3 Å². The Morgan fingerprint density at radius 1 is 1.23 bits per heavy atom. The van der Waals surface area contributed by atoms with Crippen molar-refractivity contribution in [2.75, 3.05) is 18.5 Å². The van der Waals surface area contributed by atoms with Gasteiger partial charge in [0.05, 0.1) is 30.0 Å². The van der Waals surface area contributed by atoms with Gasteiger partial charge in [-0.3, -0.25) is 9.48 Å². The molecule has 2 aromatic heterocycles. The third-order valence-electron chi connectivity index (χ3n) is 3.25. The number of aromatic nitrogens is 2. The molecule has 0 aliphatic carbocycles. The van der Waals surface area contributed by atoms with Crippen LogP contribution >= 0.6 is 22.9 Å². The molecule has 0 unspecified atom stereocenters. The molecule has 2 rings (SSSR count). The number of thiophene rings is 1. The lowest BCUT2D eigenvalue weighted by atomic mass is 10.1. The van der Waals surface area contributed by atoms with Gasteiger partial charge in [-0.15, -0.1) is 11.3 Å². The van der Waals surface area contributed by atoms with Gasteiger partial charge in [-0.05, 0) is 26.3 Å². The minimum Gasteiger partial charge on any atom is -0.462 e. The highest BCUT2D eigenvalue weighted by molar-refractivity contribution is 7.18. The van der Waals surface area contributed by atoms with Gasteiger partial charge in [0.25, 0.3) is 0 Å². The van der Waals surface area contributed by atoms with Crippen LogP contribution in [-0.4, -0.2) is 40.8 Å². The summed E-state index contributed by atoms with van der Waals surface area (Å²) in [5, 5.41) is 7.19. The van der Waals surface area contributed by atoms with Crippen molar-refractivity contribution in [1.82, 2.24) is 9.78 Å². The maximum atomic E-state index is 12.3. The SMILES string of the molecule is CCOC(=O)c1sc(NC(=O)Cn2cc(Cl)cn2)c(C(=O)OCC)c1C. The first-order valence-corrected chi connectivity index (χ1v) is 9.02. The lowest BCUT2D eigenvalue weighted by molar-refractivity contribution is -0.116. The van der Waals surface area contributed by atoms with E-state index in [-0.39, 0.29) is 35.2 Å². The lowest BCUT2D eigenvalue weighted by Crippen LogP contribution is -2.20. The number of esters is 2. The van der Waals surface area contributed by atoms with E-state index in [1.165, 1.54) is 17.1 Å². The predicted octanol–water partition coefficient (Wildman–Crippen LogP) is 2.90. The minimum atomic E-state index is -0.616. The van der Waals surface area contributed by atoms with Gasteiger partial charge in [-0.2, -0.15) is 5.10 Å². The van der Waals surface area contributed by atoms with Crippen molar-refractivity contribution in [1.29, 1.82) is 0 Å². The van der Waals surface area contributed by atoms with Crippen LogP contribution in [0.3, 0.4) is 0 Å².